The molecule has 1 aromatic rings. The van der Waals surface area contributed by atoms with Gasteiger partial charge in [-0.1, -0.05) is 11.6 Å². The lowest BCUT2D eigenvalue weighted by Gasteiger charge is -2.13. The van der Waals surface area contributed by atoms with Crippen LogP contribution >= 0.6 is 22.6 Å². The third-order valence-corrected chi connectivity index (χ3v) is 3.87. The van der Waals surface area contributed by atoms with Gasteiger partial charge in [0.15, 0.2) is 0 Å². The van der Waals surface area contributed by atoms with Gasteiger partial charge in [0, 0.05) is 9.99 Å². The van der Waals surface area contributed by atoms with Crippen LogP contribution in [0, 0.1) is 9.39 Å². The lowest BCUT2D eigenvalue weighted by Crippen LogP contribution is -2.14. The molecule has 0 heterocycles. The summed E-state index contributed by atoms with van der Waals surface area (Å²) in [5.41, 5.74) is 1.90. The second-order valence-corrected chi connectivity index (χ2v) is 5.62. The van der Waals surface area contributed by atoms with Gasteiger partial charge >= 0.3 is 0 Å². The van der Waals surface area contributed by atoms with Crippen molar-refractivity contribution in [1.82, 2.24) is 0 Å². The Morgan fingerprint density at radius 3 is 2.89 bits per heavy atom. The summed E-state index contributed by atoms with van der Waals surface area (Å²) in [6.45, 7) is 0. The van der Waals surface area contributed by atoms with Crippen molar-refractivity contribution in [3.8, 4) is 0 Å². The average molecular weight is 359 g/mol. The van der Waals surface area contributed by atoms with Crippen molar-refractivity contribution >= 4 is 34.2 Å². The van der Waals surface area contributed by atoms with E-state index in [0.29, 0.717) is 12.1 Å². The van der Waals surface area contributed by atoms with E-state index in [1.54, 1.807) is 6.07 Å². The lowest BCUT2D eigenvalue weighted by atomic mass is 9.97. The van der Waals surface area contributed by atoms with Gasteiger partial charge in [-0.05, 0) is 66.5 Å². The average Bonchev–Trinajstić information content (AvgIpc) is 2.34. The molecule has 1 aliphatic carbocycles. The van der Waals surface area contributed by atoms with Crippen molar-refractivity contribution in [2.24, 2.45) is 0 Å². The molecule has 1 aromatic carbocycles. The summed E-state index contributed by atoms with van der Waals surface area (Å²) < 4.78 is 13.7. The van der Waals surface area contributed by atoms with Gasteiger partial charge in [-0.25, -0.2) is 4.39 Å². The second kappa shape index (κ2) is 6.31. The molecule has 1 N–H and O–H groups in total. The van der Waals surface area contributed by atoms with E-state index < -0.39 is 0 Å². The quantitative estimate of drug-likeness (QED) is 0.634. The highest BCUT2D eigenvalue weighted by molar-refractivity contribution is 14.1. The SMILES string of the molecule is O=C(CC1=CCCCC1)Nc1ccc(F)cc1I. The minimum absolute atomic E-state index is 0.0207. The van der Waals surface area contributed by atoms with Crippen LogP contribution in [0.3, 0.4) is 0 Å². The van der Waals surface area contributed by atoms with Crippen LogP contribution in [-0.2, 0) is 4.79 Å². The molecule has 0 aliphatic heterocycles. The number of hydrogen-bond acceptors (Lipinski definition) is 1. The first-order valence-electron chi connectivity index (χ1n) is 6.08. The van der Waals surface area contributed by atoms with Crippen molar-refractivity contribution < 1.29 is 9.18 Å². The number of allylic oxidation sites excluding steroid dienone is 1. The summed E-state index contributed by atoms with van der Waals surface area (Å²) in [4.78, 5) is 11.9. The fourth-order valence-corrected chi connectivity index (χ4v) is 2.67. The van der Waals surface area contributed by atoms with Crippen LogP contribution < -0.4 is 5.32 Å². The highest BCUT2D eigenvalue weighted by atomic mass is 127. The van der Waals surface area contributed by atoms with Crippen LogP contribution in [0.1, 0.15) is 32.1 Å². The van der Waals surface area contributed by atoms with Crippen LogP contribution in [0.15, 0.2) is 29.8 Å². The van der Waals surface area contributed by atoms with Crippen LogP contribution in [0.4, 0.5) is 10.1 Å². The molecule has 1 aliphatic rings. The van der Waals surface area contributed by atoms with Crippen molar-refractivity contribution in [1.29, 1.82) is 0 Å². The molecular formula is C14H15FINO. The third kappa shape index (κ3) is 3.80. The fourth-order valence-electron chi connectivity index (χ4n) is 2.06. The molecule has 0 spiro atoms. The van der Waals surface area contributed by atoms with Crippen LogP contribution in [0.25, 0.3) is 0 Å². The Balaban J connectivity index is 1.96. The van der Waals surface area contributed by atoms with Crippen LogP contribution in [0.5, 0.6) is 0 Å². The molecule has 0 saturated heterocycles. The largest absolute Gasteiger partial charge is 0.325 e. The predicted octanol–water partition coefficient (Wildman–Crippen LogP) is 4.26. The molecule has 0 atom stereocenters. The van der Waals surface area contributed by atoms with Crippen molar-refractivity contribution in [2.45, 2.75) is 32.1 Å². The number of hydrogen-bond donors (Lipinski definition) is 1. The Bertz CT molecular complexity index is 485. The van der Waals surface area contributed by atoms with E-state index in [1.165, 1.54) is 30.5 Å². The van der Waals surface area contributed by atoms with Gasteiger partial charge in [-0.2, -0.15) is 0 Å². The monoisotopic (exact) mass is 359 g/mol. The first-order valence-corrected chi connectivity index (χ1v) is 7.16. The van der Waals surface area contributed by atoms with Gasteiger partial charge in [0.2, 0.25) is 5.91 Å². The summed E-state index contributed by atoms with van der Waals surface area (Å²) in [7, 11) is 0. The van der Waals surface area contributed by atoms with Crippen molar-refractivity contribution in [3.63, 3.8) is 0 Å². The highest BCUT2D eigenvalue weighted by Crippen LogP contribution is 2.22. The zero-order chi connectivity index (χ0) is 13.0. The summed E-state index contributed by atoms with van der Waals surface area (Å²) in [5.74, 6) is -0.305. The maximum atomic E-state index is 12.9. The van der Waals surface area contributed by atoms with Crippen molar-refractivity contribution in [3.05, 3.63) is 39.2 Å². The number of rotatable bonds is 3. The van der Waals surface area contributed by atoms with E-state index in [4.69, 9.17) is 0 Å². The first kappa shape index (κ1) is 13.5. The Kier molecular flexibility index (Phi) is 4.74. The van der Waals surface area contributed by atoms with Crippen LogP contribution in [-0.4, -0.2) is 5.91 Å². The Morgan fingerprint density at radius 1 is 1.39 bits per heavy atom. The maximum absolute atomic E-state index is 12.9. The smallest absolute Gasteiger partial charge is 0.228 e. The summed E-state index contributed by atoms with van der Waals surface area (Å²) in [6, 6.07) is 4.37. The van der Waals surface area contributed by atoms with Gasteiger partial charge in [0.05, 0.1) is 5.69 Å². The van der Waals surface area contributed by atoms with Gasteiger partial charge in [0.1, 0.15) is 5.82 Å². The molecule has 18 heavy (non-hydrogen) atoms. The Labute approximate surface area is 120 Å². The summed E-state index contributed by atoms with van der Waals surface area (Å²) in [6.07, 6.45) is 7.12. The maximum Gasteiger partial charge on any atom is 0.228 e. The van der Waals surface area contributed by atoms with Crippen LogP contribution in [0.2, 0.25) is 0 Å². The third-order valence-electron chi connectivity index (χ3n) is 2.98. The minimum Gasteiger partial charge on any atom is -0.325 e. The van der Waals surface area contributed by atoms with Gasteiger partial charge in [-0.15, -0.1) is 0 Å². The predicted molar refractivity (Wildman–Crippen MR) is 78.9 cm³/mol. The molecule has 96 valence electrons. The number of halogens is 2. The number of amides is 1. The fraction of sp³-hybridized carbons (Fsp3) is 0.357. The van der Waals surface area contributed by atoms with E-state index in [2.05, 4.69) is 11.4 Å². The first-order chi connectivity index (χ1) is 8.65. The van der Waals surface area contributed by atoms with Gasteiger partial charge in [-0.3, -0.25) is 4.79 Å². The minimum atomic E-state index is -0.285. The Hall–Kier alpha value is -0.910. The molecule has 2 nitrogen and oxygen atoms in total. The highest BCUT2D eigenvalue weighted by Gasteiger charge is 2.10. The molecule has 0 aromatic heterocycles. The molecule has 4 heteroatoms. The number of anilines is 1. The molecule has 1 amide bonds. The zero-order valence-electron chi connectivity index (χ0n) is 10.0. The molecule has 0 saturated carbocycles. The number of benzene rings is 1. The van der Waals surface area contributed by atoms with E-state index in [0.717, 1.165) is 16.4 Å². The number of carbonyl (C=O) groups excluding carboxylic acids is 1. The van der Waals surface area contributed by atoms with E-state index in [1.807, 2.05) is 22.6 Å². The number of nitrogens with one attached hydrogen (secondary N) is 1. The molecule has 0 bridgehead atoms. The van der Waals surface area contributed by atoms with E-state index in [9.17, 15) is 9.18 Å². The van der Waals surface area contributed by atoms with Gasteiger partial charge < -0.3 is 5.32 Å². The zero-order valence-corrected chi connectivity index (χ0v) is 12.2. The summed E-state index contributed by atoms with van der Waals surface area (Å²) in [5, 5.41) is 2.83. The molecule has 2 rings (SSSR count). The topological polar surface area (TPSA) is 29.1 Å². The van der Waals surface area contributed by atoms with Gasteiger partial charge in [0.25, 0.3) is 0 Å². The number of carbonyl (C=O) groups is 1. The molecule has 0 radical (unpaired) electrons. The second-order valence-electron chi connectivity index (χ2n) is 4.46. The molecule has 0 unspecified atom stereocenters. The standard InChI is InChI=1S/C14H15FINO/c15-11-6-7-13(12(16)9-11)17-14(18)8-10-4-2-1-3-5-10/h4,6-7,9H,1-3,5,8H2,(H,17,18). The van der Waals surface area contributed by atoms with E-state index >= 15 is 0 Å². The summed E-state index contributed by atoms with van der Waals surface area (Å²) >= 11 is 2.02. The molecule has 0 fully saturated rings. The molecular weight excluding hydrogens is 344 g/mol. The Morgan fingerprint density at radius 2 is 2.22 bits per heavy atom. The van der Waals surface area contributed by atoms with Crippen molar-refractivity contribution in [2.75, 3.05) is 5.32 Å². The van der Waals surface area contributed by atoms with E-state index in [-0.39, 0.29) is 11.7 Å². The normalized spacial score (nSPS) is 15.1. The lowest BCUT2D eigenvalue weighted by molar-refractivity contribution is -0.115.